The minimum absolute atomic E-state index is 0.160. The summed E-state index contributed by atoms with van der Waals surface area (Å²) in [5, 5.41) is 9.83. The summed E-state index contributed by atoms with van der Waals surface area (Å²) in [6.07, 6.45) is 3.21. The van der Waals surface area contributed by atoms with E-state index in [1.807, 2.05) is 59.2 Å². The van der Waals surface area contributed by atoms with Gasteiger partial charge in [0.05, 0.1) is 32.4 Å². The number of hydrazone groups is 1. The predicted molar refractivity (Wildman–Crippen MR) is 128 cm³/mol. The lowest BCUT2D eigenvalue weighted by Crippen LogP contribution is -2.25. The third-order valence-electron chi connectivity index (χ3n) is 4.95. The molecular formula is C24H24N4O3S. The van der Waals surface area contributed by atoms with Gasteiger partial charge in [0.15, 0.2) is 11.5 Å². The van der Waals surface area contributed by atoms with Crippen molar-refractivity contribution >= 4 is 29.1 Å². The number of amides is 1. The molecule has 0 bridgehead atoms. The fourth-order valence-electron chi connectivity index (χ4n) is 3.38. The summed E-state index contributed by atoms with van der Waals surface area (Å²) < 4.78 is 10.8. The summed E-state index contributed by atoms with van der Waals surface area (Å²) in [7, 11) is 3.26. The van der Waals surface area contributed by atoms with Gasteiger partial charge in [0.1, 0.15) is 0 Å². The molecule has 7 nitrogen and oxygen atoms in total. The van der Waals surface area contributed by atoms with Gasteiger partial charge in [-0.2, -0.15) is 5.10 Å². The molecule has 0 saturated heterocycles. The number of anilines is 1. The van der Waals surface area contributed by atoms with Crippen molar-refractivity contribution in [1.29, 1.82) is 0 Å². The van der Waals surface area contributed by atoms with Gasteiger partial charge in [-0.15, -0.1) is 11.8 Å². The zero-order valence-electron chi connectivity index (χ0n) is 17.9. The Hall–Kier alpha value is -3.52. The molecule has 1 N–H and O–H groups in total. The van der Waals surface area contributed by atoms with Crippen LogP contribution in [0.1, 0.15) is 21.5 Å². The zero-order chi connectivity index (χ0) is 22.3. The number of aromatic nitrogens is 1. The van der Waals surface area contributed by atoms with Gasteiger partial charge < -0.3 is 14.8 Å². The number of rotatable bonds is 7. The van der Waals surface area contributed by atoms with Crippen LogP contribution in [0.25, 0.3) is 0 Å². The number of pyridine rings is 1. The minimum Gasteiger partial charge on any atom is -0.493 e. The number of hydrogen-bond acceptors (Lipinski definition) is 7. The van der Waals surface area contributed by atoms with Crippen LogP contribution in [0.4, 0.5) is 5.69 Å². The molecule has 1 aromatic heterocycles. The summed E-state index contributed by atoms with van der Waals surface area (Å²) in [6.45, 7) is 0.642. The lowest BCUT2D eigenvalue weighted by molar-refractivity contribution is 0.102. The van der Waals surface area contributed by atoms with Gasteiger partial charge in [-0.1, -0.05) is 12.1 Å². The zero-order valence-corrected chi connectivity index (χ0v) is 18.8. The number of nitrogens with one attached hydrogen (secondary N) is 1. The van der Waals surface area contributed by atoms with Gasteiger partial charge in [0, 0.05) is 35.0 Å². The lowest BCUT2D eigenvalue weighted by Gasteiger charge is -2.25. The summed E-state index contributed by atoms with van der Waals surface area (Å²) in [6, 6.07) is 17.1. The van der Waals surface area contributed by atoms with Gasteiger partial charge in [0.2, 0.25) is 0 Å². The fraction of sp³-hybridized carbons (Fsp3) is 0.208. The topological polar surface area (TPSA) is 76.0 Å². The molecule has 0 spiro atoms. The first-order chi connectivity index (χ1) is 15.7. The molecule has 1 aliphatic heterocycles. The van der Waals surface area contributed by atoms with Gasteiger partial charge in [-0.3, -0.25) is 14.8 Å². The average Bonchev–Trinajstić information content (AvgIpc) is 2.84. The van der Waals surface area contributed by atoms with E-state index in [1.165, 1.54) is 0 Å². The van der Waals surface area contributed by atoms with E-state index in [9.17, 15) is 4.79 Å². The van der Waals surface area contributed by atoms with E-state index in [4.69, 9.17) is 14.6 Å². The first-order valence-corrected chi connectivity index (χ1v) is 11.2. The second-order valence-electron chi connectivity index (χ2n) is 7.15. The quantitative estimate of drug-likeness (QED) is 0.582. The van der Waals surface area contributed by atoms with E-state index in [0.717, 1.165) is 34.2 Å². The van der Waals surface area contributed by atoms with Gasteiger partial charge in [-0.05, 0) is 48.0 Å². The number of carbonyl (C=O) groups is 1. The number of hydrogen-bond donors (Lipinski definition) is 1. The maximum absolute atomic E-state index is 12.4. The highest BCUT2D eigenvalue weighted by Gasteiger charge is 2.17. The Bertz CT molecular complexity index is 1120. The molecule has 0 aliphatic carbocycles. The molecule has 0 fully saturated rings. The van der Waals surface area contributed by atoms with Crippen LogP contribution in [-0.4, -0.2) is 47.5 Å². The molecule has 8 heteroatoms. The van der Waals surface area contributed by atoms with Crippen LogP contribution < -0.4 is 14.8 Å². The highest BCUT2D eigenvalue weighted by molar-refractivity contribution is 8.00. The van der Waals surface area contributed by atoms with Crippen molar-refractivity contribution in [2.45, 2.75) is 6.54 Å². The molecule has 1 amide bonds. The molecule has 3 aromatic rings. The third kappa shape index (κ3) is 5.20. The van der Waals surface area contributed by atoms with E-state index in [1.54, 1.807) is 38.7 Å². The molecule has 0 saturated carbocycles. The number of thioether (sulfide) groups is 1. The average molecular weight is 449 g/mol. The SMILES string of the molecule is COc1ccc(C2=NN(Cc3cccc(NC(=O)c4ccncc4)c3)CSC2)cc1OC. The van der Waals surface area contributed by atoms with Crippen molar-refractivity contribution in [1.82, 2.24) is 9.99 Å². The van der Waals surface area contributed by atoms with Gasteiger partial charge in [0.25, 0.3) is 5.91 Å². The highest BCUT2D eigenvalue weighted by atomic mass is 32.2. The Balaban J connectivity index is 1.47. The van der Waals surface area contributed by atoms with E-state index in [0.29, 0.717) is 23.6 Å². The van der Waals surface area contributed by atoms with Crippen molar-refractivity contribution in [3.8, 4) is 11.5 Å². The summed E-state index contributed by atoms with van der Waals surface area (Å²) in [4.78, 5) is 16.4. The molecule has 0 radical (unpaired) electrons. The number of carbonyl (C=O) groups excluding carboxylic acids is 1. The van der Waals surface area contributed by atoms with Crippen molar-refractivity contribution in [3.05, 3.63) is 83.7 Å². The van der Waals surface area contributed by atoms with Crippen LogP contribution in [0.2, 0.25) is 0 Å². The highest BCUT2D eigenvalue weighted by Crippen LogP contribution is 2.29. The summed E-state index contributed by atoms with van der Waals surface area (Å²) >= 11 is 1.81. The maximum Gasteiger partial charge on any atom is 0.255 e. The van der Waals surface area contributed by atoms with Crippen LogP contribution in [-0.2, 0) is 6.54 Å². The Kier molecular flexibility index (Phi) is 6.91. The monoisotopic (exact) mass is 448 g/mol. The number of methoxy groups -OCH3 is 2. The van der Waals surface area contributed by atoms with Crippen molar-refractivity contribution in [2.75, 3.05) is 31.2 Å². The largest absolute Gasteiger partial charge is 0.493 e. The normalized spacial score (nSPS) is 13.3. The van der Waals surface area contributed by atoms with Crippen LogP contribution in [0.15, 0.2) is 72.1 Å². The van der Waals surface area contributed by atoms with E-state index < -0.39 is 0 Å². The molecule has 32 heavy (non-hydrogen) atoms. The van der Waals surface area contributed by atoms with E-state index in [-0.39, 0.29) is 5.91 Å². The standard InChI is InChI=1S/C24H24N4O3S/c1-30-22-7-6-19(13-23(22)31-2)21-15-32-16-28(27-21)14-17-4-3-5-20(12-17)26-24(29)18-8-10-25-11-9-18/h3-13H,14-16H2,1-2H3,(H,26,29). The molecule has 1 aliphatic rings. The Labute approximate surface area is 191 Å². The molecule has 2 heterocycles. The van der Waals surface area contributed by atoms with Crippen LogP contribution >= 0.6 is 11.8 Å². The fourth-order valence-corrected chi connectivity index (χ4v) is 4.25. The molecule has 2 aromatic carbocycles. The Morgan fingerprint density at radius 3 is 2.66 bits per heavy atom. The van der Waals surface area contributed by atoms with Crippen molar-refractivity contribution < 1.29 is 14.3 Å². The van der Waals surface area contributed by atoms with Crippen LogP contribution in [0.5, 0.6) is 11.5 Å². The first-order valence-electron chi connectivity index (χ1n) is 10.1. The number of nitrogens with zero attached hydrogens (tertiary/aromatic N) is 3. The van der Waals surface area contributed by atoms with E-state index in [2.05, 4.69) is 10.3 Å². The van der Waals surface area contributed by atoms with Gasteiger partial charge in [-0.25, -0.2) is 0 Å². The smallest absolute Gasteiger partial charge is 0.255 e. The first kappa shape index (κ1) is 21.7. The molecule has 164 valence electrons. The van der Waals surface area contributed by atoms with Crippen LogP contribution in [0.3, 0.4) is 0 Å². The third-order valence-corrected chi connectivity index (χ3v) is 5.91. The van der Waals surface area contributed by atoms with Crippen LogP contribution in [0, 0.1) is 0 Å². The lowest BCUT2D eigenvalue weighted by atomic mass is 10.1. The minimum atomic E-state index is -0.160. The van der Waals surface area contributed by atoms with Crippen molar-refractivity contribution in [3.63, 3.8) is 0 Å². The molecular weight excluding hydrogens is 424 g/mol. The Morgan fingerprint density at radius 1 is 1.06 bits per heavy atom. The van der Waals surface area contributed by atoms with E-state index >= 15 is 0 Å². The number of benzene rings is 2. The van der Waals surface area contributed by atoms with Gasteiger partial charge >= 0.3 is 0 Å². The second kappa shape index (κ2) is 10.2. The predicted octanol–water partition coefficient (Wildman–Crippen LogP) is 4.26. The molecule has 0 atom stereocenters. The van der Waals surface area contributed by atoms with Crippen molar-refractivity contribution in [2.24, 2.45) is 5.10 Å². The number of ether oxygens (including phenoxy) is 2. The summed E-state index contributed by atoms with van der Waals surface area (Å²) in [5.41, 5.74) is 4.39. The Morgan fingerprint density at radius 2 is 1.88 bits per heavy atom. The molecule has 4 rings (SSSR count). The maximum atomic E-state index is 12.4. The summed E-state index contributed by atoms with van der Waals surface area (Å²) in [5.74, 6) is 2.85. The second-order valence-corrected chi connectivity index (χ2v) is 8.10. The molecule has 0 unspecified atom stereocenters.